The van der Waals surface area contributed by atoms with Gasteiger partial charge in [-0.15, -0.1) is 0 Å². The summed E-state index contributed by atoms with van der Waals surface area (Å²) in [6.45, 7) is 10.7. The lowest BCUT2D eigenvalue weighted by Gasteiger charge is -2.23. The Hall–Kier alpha value is -2.01. The molecule has 0 spiro atoms. The van der Waals surface area contributed by atoms with Gasteiger partial charge in [0, 0.05) is 5.02 Å². The van der Waals surface area contributed by atoms with Crippen LogP contribution in [0.15, 0.2) is 36.4 Å². The lowest BCUT2D eigenvalue weighted by Crippen LogP contribution is -2.27. The molecule has 1 atom stereocenters. The van der Waals surface area contributed by atoms with Crippen molar-refractivity contribution in [2.45, 2.75) is 39.4 Å². The number of rotatable bonds is 5. The van der Waals surface area contributed by atoms with Gasteiger partial charge in [0.15, 0.2) is 6.10 Å². The summed E-state index contributed by atoms with van der Waals surface area (Å²) in [6, 6.07) is 6.53. The van der Waals surface area contributed by atoms with E-state index in [0.717, 1.165) is 0 Å². The van der Waals surface area contributed by atoms with Crippen LogP contribution in [0.2, 0.25) is 5.02 Å². The molecule has 0 N–H and O–H groups in total. The van der Waals surface area contributed by atoms with Crippen LogP contribution in [-0.4, -0.2) is 24.3 Å². The first-order valence-electron chi connectivity index (χ1n) is 7.15. The predicted molar refractivity (Wildman–Crippen MR) is 87.3 cm³/mol. The van der Waals surface area contributed by atoms with Gasteiger partial charge in [-0.1, -0.05) is 30.3 Å². The Kier molecular flexibility index (Phi) is 6.63. The van der Waals surface area contributed by atoms with Crippen molar-refractivity contribution in [2.75, 3.05) is 6.61 Å². The highest BCUT2D eigenvalue weighted by Gasteiger charge is 2.28. The number of benzene rings is 1. The number of carbonyl (C=O) groups is 2. The van der Waals surface area contributed by atoms with E-state index in [1.807, 2.05) is 0 Å². The SMILES string of the molecule is C=C(C(=O)OCC)C(OC(=O)OC(C)(C)C)c1ccc(Cl)cc1. The topological polar surface area (TPSA) is 61.8 Å². The molecule has 5 nitrogen and oxygen atoms in total. The first-order valence-corrected chi connectivity index (χ1v) is 7.53. The lowest BCUT2D eigenvalue weighted by molar-refractivity contribution is -0.139. The zero-order chi connectivity index (χ0) is 17.6. The smallest absolute Gasteiger partial charge is 0.463 e. The van der Waals surface area contributed by atoms with Gasteiger partial charge in [-0.25, -0.2) is 9.59 Å². The number of hydrogen-bond acceptors (Lipinski definition) is 5. The number of hydrogen-bond donors (Lipinski definition) is 0. The van der Waals surface area contributed by atoms with Gasteiger partial charge in [0.05, 0.1) is 12.2 Å². The number of ether oxygens (including phenoxy) is 3. The van der Waals surface area contributed by atoms with Crippen LogP contribution in [-0.2, 0) is 19.0 Å². The Morgan fingerprint density at radius 3 is 2.26 bits per heavy atom. The van der Waals surface area contributed by atoms with Gasteiger partial charge in [-0.3, -0.25) is 0 Å². The highest BCUT2D eigenvalue weighted by atomic mass is 35.5. The third-order valence-corrected chi connectivity index (χ3v) is 2.88. The lowest BCUT2D eigenvalue weighted by atomic mass is 10.0. The Morgan fingerprint density at radius 1 is 1.22 bits per heavy atom. The van der Waals surface area contributed by atoms with E-state index in [-0.39, 0.29) is 12.2 Å². The molecule has 0 bridgehead atoms. The quantitative estimate of drug-likeness (QED) is 0.585. The Morgan fingerprint density at radius 2 is 1.78 bits per heavy atom. The fourth-order valence-electron chi connectivity index (χ4n) is 1.68. The fraction of sp³-hybridized carbons (Fsp3) is 0.412. The Balaban J connectivity index is 3.01. The second kappa shape index (κ2) is 8.02. The predicted octanol–water partition coefficient (Wildman–Crippen LogP) is 4.45. The summed E-state index contributed by atoms with van der Waals surface area (Å²) in [4.78, 5) is 23.8. The maximum Gasteiger partial charge on any atom is 0.509 e. The van der Waals surface area contributed by atoms with Crippen molar-refractivity contribution in [1.82, 2.24) is 0 Å². The molecule has 0 radical (unpaired) electrons. The minimum Gasteiger partial charge on any atom is -0.463 e. The monoisotopic (exact) mass is 340 g/mol. The summed E-state index contributed by atoms with van der Waals surface area (Å²) < 4.78 is 15.3. The maximum atomic E-state index is 11.9. The normalized spacial score (nSPS) is 12.2. The zero-order valence-corrected chi connectivity index (χ0v) is 14.5. The van der Waals surface area contributed by atoms with E-state index in [4.69, 9.17) is 25.8 Å². The van der Waals surface area contributed by atoms with Crippen molar-refractivity contribution in [3.63, 3.8) is 0 Å². The summed E-state index contributed by atoms with van der Waals surface area (Å²) >= 11 is 5.85. The molecule has 6 heteroatoms. The molecule has 1 aromatic carbocycles. The maximum absolute atomic E-state index is 11.9. The second-order valence-corrected chi connectivity index (χ2v) is 6.20. The van der Waals surface area contributed by atoms with Crippen LogP contribution in [0.5, 0.6) is 0 Å². The molecule has 0 amide bonds. The van der Waals surface area contributed by atoms with E-state index in [9.17, 15) is 9.59 Å². The summed E-state index contributed by atoms with van der Waals surface area (Å²) in [5, 5.41) is 0.520. The molecule has 0 aliphatic heterocycles. The number of halogens is 1. The number of esters is 1. The molecule has 23 heavy (non-hydrogen) atoms. The van der Waals surface area contributed by atoms with Crippen molar-refractivity contribution in [1.29, 1.82) is 0 Å². The van der Waals surface area contributed by atoms with Crippen molar-refractivity contribution in [3.8, 4) is 0 Å². The molecular formula is C17H21ClO5. The van der Waals surface area contributed by atoms with E-state index < -0.39 is 23.8 Å². The molecule has 1 aromatic rings. The van der Waals surface area contributed by atoms with E-state index in [1.54, 1.807) is 52.0 Å². The van der Waals surface area contributed by atoms with Gasteiger partial charge in [0.1, 0.15) is 5.60 Å². The summed E-state index contributed by atoms with van der Waals surface area (Å²) in [5.41, 5.74) is -0.175. The van der Waals surface area contributed by atoms with Crippen LogP contribution in [0.4, 0.5) is 4.79 Å². The molecule has 126 valence electrons. The highest BCUT2D eigenvalue weighted by Crippen LogP contribution is 2.28. The van der Waals surface area contributed by atoms with Crippen molar-refractivity contribution < 1.29 is 23.8 Å². The highest BCUT2D eigenvalue weighted by molar-refractivity contribution is 6.30. The molecule has 1 unspecified atom stereocenters. The van der Waals surface area contributed by atoms with Gasteiger partial charge in [0.25, 0.3) is 0 Å². The van der Waals surface area contributed by atoms with Gasteiger partial charge < -0.3 is 14.2 Å². The summed E-state index contributed by atoms with van der Waals surface area (Å²) in [7, 11) is 0. The van der Waals surface area contributed by atoms with E-state index in [0.29, 0.717) is 10.6 Å². The van der Waals surface area contributed by atoms with Crippen molar-refractivity contribution >= 4 is 23.7 Å². The zero-order valence-electron chi connectivity index (χ0n) is 13.7. The molecule has 0 aliphatic carbocycles. The second-order valence-electron chi connectivity index (χ2n) is 5.76. The van der Waals surface area contributed by atoms with Gasteiger partial charge in [-0.2, -0.15) is 0 Å². The van der Waals surface area contributed by atoms with E-state index >= 15 is 0 Å². The standard InChI is InChI=1S/C17H21ClO5/c1-6-21-15(19)11(2)14(12-7-9-13(18)10-8-12)22-16(20)23-17(3,4)5/h7-10,14H,2,6H2,1,3-5H3. The third-order valence-electron chi connectivity index (χ3n) is 2.63. The van der Waals surface area contributed by atoms with Crippen molar-refractivity contribution in [3.05, 3.63) is 47.0 Å². The molecule has 1 rings (SSSR count). The first kappa shape index (κ1) is 19.0. The third kappa shape index (κ3) is 6.32. The van der Waals surface area contributed by atoms with Crippen LogP contribution in [0.25, 0.3) is 0 Å². The van der Waals surface area contributed by atoms with Crippen LogP contribution >= 0.6 is 11.6 Å². The fourth-order valence-corrected chi connectivity index (χ4v) is 1.81. The average Bonchev–Trinajstić information content (AvgIpc) is 2.43. The minimum atomic E-state index is -1.01. The van der Waals surface area contributed by atoms with Crippen LogP contribution in [0.3, 0.4) is 0 Å². The molecule has 0 fully saturated rings. The van der Waals surface area contributed by atoms with E-state index in [1.165, 1.54) is 0 Å². The molecule has 0 saturated heterocycles. The number of carbonyl (C=O) groups excluding carboxylic acids is 2. The van der Waals surface area contributed by atoms with E-state index in [2.05, 4.69) is 6.58 Å². The van der Waals surface area contributed by atoms with Gasteiger partial charge in [-0.05, 0) is 45.4 Å². The first-order chi connectivity index (χ1) is 10.6. The largest absolute Gasteiger partial charge is 0.509 e. The van der Waals surface area contributed by atoms with Crippen LogP contribution < -0.4 is 0 Å². The molecular weight excluding hydrogens is 320 g/mol. The summed E-state index contributed by atoms with van der Waals surface area (Å²) in [5.74, 6) is -0.643. The van der Waals surface area contributed by atoms with Gasteiger partial charge in [0.2, 0.25) is 0 Å². The Bertz CT molecular complexity index is 572. The minimum absolute atomic E-state index is 0.0000293. The average molecular weight is 341 g/mol. The molecule has 0 heterocycles. The van der Waals surface area contributed by atoms with Gasteiger partial charge >= 0.3 is 12.1 Å². The molecule has 0 aromatic heterocycles. The van der Waals surface area contributed by atoms with Crippen LogP contribution in [0, 0.1) is 0 Å². The molecule has 0 aliphatic rings. The Labute approximate surface area is 141 Å². The molecule has 0 saturated carbocycles. The van der Waals surface area contributed by atoms with Crippen LogP contribution in [0.1, 0.15) is 39.4 Å². The summed E-state index contributed by atoms with van der Waals surface area (Å²) in [6.07, 6.45) is -1.91. The van der Waals surface area contributed by atoms with Crippen molar-refractivity contribution in [2.24, 2.45) is 0 Å².